The largest absolute Gasteiger partial charge is 0.478 e. The van der Waals surface area contributed by atoms with Gasteiger partial charge in [-0.25, -0.2) is 18.2 Å². The van der Waals surface area contributed by atoms with Gasteiger partial charge in [-0.15, -0.1) is 0 Å². The van der Waals surface area contributed by atoms with Crippen LogP contribution in [0, 0.1) is 0 Å². The molecule has 0 aliphatic rings. The molecule has 0 spiro atoms. The summed E-state index contributed by atoms with van der Waals surface area (Å²) < 4.78 is 53.2. The van der Waals surface area contributed by atoms with Gasteiger partial charge in [0.1, 0.15) is 0 Å². The average Bonchev–Trinajstić information content (AvgIpc) is 2.28. The quantitative estimate of drug-likeness (QED) is 0.424. The highest BCUT2D eigenvalue weighted by Crippen LogP contribution is 2.54. The first-order valence-corrected chi connectivity index (χ1v) is 9.17. The third kappa shape index (κ3) is 7.83. The fraction of sp³-hybridized carbons (Fsp3) is 1.00. The van der Waals surface area contributed by atoms with Gasteiger partial charge in [0.05, 0.1) is 26.4 Å². The molecule has 0 aromatic heterocycles. The highest BCUT2D eigenvalue weighted by molar-refractivity contribution is 7.49. The summed E-state index contributed by atoms with van der Waals surface area (Å²) in [6.07, 6.45) is -1.65. The van der Waals surface area contributed by atoms with Crippen molar-refractivity contribution in [3.8, 4) is 0 Å². The van der Waals surface area contributed by atoms with Gasteiger partial charge in [0.25, 0.3) is 0 Å². The molecule has 9 nitrogen and oxygen atoms in total. The second-order valence-corrected chi connectivity index (χ2v) is 6.39. The molecule has 0 saturated carbocycles. The third-order valence-electron chi connectivity index (χ3n) is 1.61. The summed E-state index contributed by atoms with van der Waals surface area (Å²) in [6, 6.07) is 0. The van der Waals surface area contributed by atoms with Crippen LogP contribution in [0.5, 0.6) is 0 Å². The van der Waals surface area contributed by atoms with Gasteiger partial charge >= 0.3 is 15.6 Å². The smallest absolute Gasteiger partial charge is 0.287 e. The molecule has 2 N–H and O–H groups in total. The lowest BCUT2D eigenvalue weighted by atomic mass is 10.9. The summed E-state index contributed by atoms with van der Waals surface area (Å²) in [4.78, 5) is 0. The number of phosphoric acid groups is 2. The van der Waals surface area contributed by atoms with Crippen LogP contribution in [-0.4, -0.2) is 32.8 Å². The molecule has 11 heteroatoms. The number of phosphoric ester groups is 2. The lowest BCUT2D eigenvalue weighted by Crippen LogP contribution is -2.26. The minimum absolute atomic E-state index is 0.0819. The van der Waals surface area contributed by atoms with Gasteiger partial charge in [0.2, 0.25) is 6.41 Å². The van der Waals surface area contributed by atoms with Crippen molar-refractivity contribution < 1.29 is 36.3 Å². The van der Waals surface area contributed by atoms with Crippen molar-refractivity contribution >= 4 is 15.6 Å². The highest BCUT2D eigenvalue weighted by atomic mass is 31.2. The van der Waals surface area contributed by atoms with Crippen LogP contribution in [0.25, 0.3) is 0 Å². The molecule has 0 heterocycles. The maximum absolute atomic E-state index is 12.0. The minimum Gasteiger partial charge on any atom is -0.287 e. The van der Waals surface area contributed by atoms with E-state index in [1.54, 1.807) is 27.7 Å². The summed E-state index contributed by atoms with van der Waals surface area (Å²) >= 11 is 0. The maximum atomic E-state index is 12.0. The lowest BCUT2D eigenvalue weighted by Gasteiger charge is -2.23. The van der Waals surface area contributed by atoms with E-state index in [9.17, 15) is 9.13 Å². The van der Waals surface area contributed by atoms with Crippen molar-refractivity contribution in [2.24, 2.45) is 5.73 Å². The minimum atomic E-state index is -3.88. The second-order valence-electron chi connectivity index (χ2n) is 3.14. The highest BCUT2D eigenvalue weighted by Gasteiger charge is 2.35. The van der Waals surface area contributed by atoms with Crippen LogP contribution in [0.1, 0.15) is 27.7 Å². The summed E-state index contributed by atoms with van der Waals surface area (Å²) in [5.74, 6) is 0. The topological polar surface area (TPSA) is 116 Å². The van der Waals surface area contributed by atoms with E-state index in [2.05, 4.69) is 0 Å². The van der Waals surface area contributed by atoms with Crippen molar-refractivity contribution in [1.82, 2.24) is 0 Å². The zero-order chi connectivity index (χ0) is 15.6. The normalized spacial score (nSPS) is 13.1. The SMILES string of the molecule is CCOP(=O)(OCC)OC(N)OP(=O)(OCC)OCC. The Morgan fingerprint density at radius 2 is 1.00 bits per heavy atom. The Morgan fingerprint density at radius 3 is 1.20 bits per heavy atom. The van der Waals surface area contributed by atoms with Gasteiger partial charge in [-0.05, 0) is 27.7 Å². The van der Waals surface area contributed by atoms with Crippen LogP contribution in [0.15, 0.2) is 0 Å². The van der Waals surface area contributed by atoms with Crippen molar-refractivity contribution in [1.29, 1.82) is 0 Å². The molecule has 0 bridgehead atoms. The van der Waals surface area contributed by atoms with Crippen molar-refractivity contribution in [3.05, 3.63) is 0 Å². The van der Waals surface area contributed by atoms with Crippen molar-refractivity contribution in [3.63, 3.8) is 0 Å². The predicted molar refractivity (Wildman–Crippen MR) is 71.9 cm³/mol. The first-order valence-electron chi connectivity index (χ1n) is 6.25. The van der Waals surface area contributed by atoms with Crippen molar-refractivity contribution in [2.45, 2.75) is 34.1 Å². The molecule has 0 radical (unpaired) electrons. The van der Waals surface area contributed by atoms with Gasteiger partial charge in [-0.2, -0.15) is 0 Å². The molecular formula is C9H23NO8P2. The van der Waals surface area contributed by atoms with E-state index in [-0.39, 0.29) is 26.4 Å². The number of hydrogen-bond donors (Lipinski definition) is 1. The lowest BCUT2D eigenvalue weighted by molar-refractivity contribution is -0.0480. The Morgan fingerprint density at radius 1 is 0.750 bits per heavy atom. The Bertz CT molecular complexity index is 301. The fourth-order valence-electron chi connectivity index (χ4n) is 1.10. The molecule has 0 unspecified atom stereocenters. The van der Waals surface area contributed by atoms with Crippen molar-refractivity contribution in [2.75, 3.05) is 26.4 Å². The summed E-state index contributed by atoms with van der Waals surface area (Å²) in [5, 5.41) is 0. The van der Waals surface area contributed by atoms with E-state index < -0.39 is 22.1 Å². The van der Waals surface area contributed by atoms with Crippen LogP contribution in [-0.2, 0) is 36.3 Å². The standard InChI is InChI=1S/C9H23NO8P2/c1-5-13-19(11,14-6-2)17-9(10)18-20(12,15-7-3)16-8-4/h9H,5-8,10H2,1-4H3. The molecule has 122 valence electrons. The average molecular weight is 335 g/mol. The van der Waals surface area contributed by atoms with E-state index in [0.29, 0.717) is 0 Å². The molecule has 0 aliphatic carbocycles. The molecule has 0 rings (SSSR count). The number of hydrogen-bond acceptors (Lipinski definition) is 9. The second kappa shape index (κ2) is 10.00. The van der Waals surface area contributed by atoms with Crippen LogP contribution in [0.3, 0.4) is 0 Å². The van der Waals surface area contributed by atoms with E-state index in [0.717, 1.165) is 0 Å². The zero-order valence-corrected chi connectivity index (χ0v) is 13.9. The first kappa shape index (κ1) is 20.2. The summed E-state index contributed by atoms with van der Waals surface area (Å²) in [5.41, 5.74) is 5.46. The number of nitrogens with two attached hydrogens (primary N) is 1. The van der Waals surface area contributed by atoms with Gasteiger partial charge in [0, 0.05) is 0 Å². The van der Waals surface area contributed by atoms with E-state index >= 15 is 0 Å². The van der Waals surface area contributed by atoms with Crippen LogP contribution < -0.4 is 5.73 Å². The van der Waals surface area contributed by atoms with Crippen LogP contribution in [0.2, 0.25) is 0 Å². The molecule has 0 fully saturated rings. The first-order chi connectivity index (χ1) is 9.34. The molecule has 20 heavy (non-hydrogen) atoms. The van der Waals surface area contributed by atoms with Gasteiger partial charge in [-0.3, -0.25) is 23.8 Å². The van der Waals surface area contributed by atoms with E-state index in [1.165, 1.54) is 0 Å². The Labute approximate surface area is 119 Å². The van der Waals surface area contributed by atoms with E-state index in [4.69, 9.17) is 32.9 Å². The summed E-state index contributed by atoms with van der Waals surface area (Å²) in [7, 11) is -7.76. The monoisotopic (exact) mass is 335 g/mol. The fourth-order valence-corrected chi connectivity index (χ4v) is 3.42. The molecule has 0 aliphatic heterocycles. The maximum Gasteiger partial charge on any atom is 0.478 e. The Kier molecular flexibility index (Phi) is 10.1. The van der Waals surface area contributed by atoms with Gasteiger partial charge < -0.3 is 0 Å². The molecule has 0 aromatic carbocycles. The Balaban J connectivity index is 4.67. The van der Waals surface area contributed by atoms with Gasteiger partial charge in [0.15, 0.2) is 0 Å². The van der Waals surface area contributed by atoms with Crippen LogP contribution in [0.4, 0.5) is 0 Å². The molecule has 0 amide bonds. The molecular weight excluding hydrogens is 312 g/mol. The molecule has 0 aromatic rings. The van der Waals surface area contributed by atoms with E-state index in [1.807, 2.05) is 0 Å². The van der Waals surface area contributed by atoms with Crippen LogP contribution >= 0.6 is 15.6 Å². The zero-order valence-electron chi connectivity index (χ0n) is 12.1. The molecule has 0 atom stereocenters. The predicted octanol–water partition coefficient (Wildman–Crippen LogP) is 2.62. The van der Waals surface area contributed by atoms with Gasteiger partial charge in [-0.1, -0.05) is 0 Å². The summed E-state index contributed by atoms with van der Waals surface area (Å²) in [6.45, 7) is 6.74. The number of rotatable bonds is 12. The molecule has 0 saturated heterocycles. The Hall–Kier alpha value is 0.180. The third-order valence-corrected chi connectivity index (χ3v) is 4.84.